The first-order valence-corrected chi connectivity index (χ1v) is 7.63. The van der Waals surface area contributed by atoms with Crippen LogP contribution in [0, 0.1) is 11.8 Å². The predicted molar refractivity (Wildman–Crippen MR) is 83.0 cm³/mol. The van der Waals surface area contributed by atoms with Crippen molar-refractivity contribution in [1.29, 1.82) is 0 Å². The van der Waals surface area contributed by atoms with Gasteiger partial charge in [-0.25, -0.2) is 0 Å². The van der Waals surface area contributed by atoms with E-state index in [-0.39, 0.29) is 12.5 Å². The van der Waals surface area contributed by atoms with E-state index in [1.807, 2.05) is 25.5 Å². The number of thiophene rings is 1. The van der Waals surface area contributed by atoms with Gasteiger partial charge >= 0.3 is 0 Å². The number of nitrogens with one attached hydrogen (secondary N) is 1. The molecule has 110 valence electrons. The van der Waals surface area contributed by atoms with Crippen molar-refractivity contribution in [3.05, 3.63) is 21.9 Å². The fourth-order valence-corrected chi connectivity index (χ4v) is 2.40. The predicted octanol–water partition coefficient (Wildman–Crippen LogP) is 1.55. The third kappa shape index (κ3) is 6.20. The normalized spacial score (nSPS) is 10.2. The topological polar surface area (TPSA) is 52.6 Å². The van der Waals surface area contributed by atoms with Crippen molar-refractivity contribution < 1.29 is 9.90 Å². The molecule has 0 radical (unpaired) electrons. The summed E-state index contributed by atoms with van der Waals surface area (Å²) in [5.74, 6) is 5.71. The second-order valence-corrected chi connectivity index (χ2v) is 5.62. The molecule has 0 saturated heterocycles. The smallest absolute Gasteiger partial charge is 0.262 e. The zero-order valence-corrected chi connectivity index (χ0v) is 12.9. The molecule has 0 aliphatic heterocycles. The van der Waals surface area contributed by atoms with E-state index < -0.39 is 0 Å². The summed E-state index contributed by atoms with van der Waals surface area (Å²) < 4.78 is 0. The number of hydrogen-bond acceptors (Lipinski definition) is 4. The molecule has 0 aromatic carbocycles. The summed E-state index contributed by atoms with van der Waals surface area (Å²) >= 11 is 1.40. The van der Waals surface area contributed by atoms with Crippen LogP contribution in [0.5, 0.6) is 0 Å². The molecule has 1 aromatic heterocycles. The summed E-state index contributed by atoms with van der Waals surface area (Å²) in [4.78, 5) is 14.8. The van der Waals surface area contributed by atoms with Gasteiger partial charge in [0.05, 0.1) is 6.61 Å². The van der Waals surface area contributed by atoms with Crippen LogP contribution < -0.4 is 5.32 Å². The first-order chi connectivity index (χ1) is 9.65. The van der Waals surface area contributed by atoms with Crippen LogP contribution in [0.1, 0.15) is 34.5 Å². The molecule has 0 fully saturated rings. The number of carbonyl (C=O) groups excluding carboxylic acids is 1. The van der Waals surface area contributed by atoms with Gasteiger partial charge in [0.25, 0.3) is 5.91 Å². The number of hydrogen-bond donors (Lipinski definition) is 2. The van der Waals surface area contributed by atoms with Gasteiger partial charge in [-0.2, -0.15) is 0 Å². The summed E-state index contributed by atoms with van der Waals surface area (Å²) in [6.45, 7) is 1.77. The van der Waals surface area contributed by atoms with Gasteiger partial charge in [-0.05, 0) is 44.9 Å². The largest absolute Gasteiger partial charge is 0.395 e. The van der Waals surface area contributed by atoms with Crippen LogP contribution in [0.3, 0.4) is 0 Å². The molecule has 0 spiro atoms. The first-order valence-electron chi connectivity index (χ1n) is 6.75. The van der Waals surface area contributed by atoms with Crippen LogP contribution in [-0.4, -0.2) is 49.7 Å². The second kappa shape index (κ2) is 9.54. The Labute approximate surface area is 124 Å². The van der Waals surface area contributed by atoms with E-state index in [9.17, 15) is 4.79 Å². The van der Waals surface area contributed by atoms with E-state index in [2.05, 4.69) is 22.1 Å². The number of carbonyl (C=O) groups is 1. The van der Waals surface area contributed by atoms with E-state index in [0.29, 0.717) is 17.8 Å². The third-order valence-corrected chi connectivity index (χ3v) is 3.56. The maximum absolute atomic E-state index is 12.0. The average Bonchev–Trinajstić information content (AvgIpc) is 2.86. The Morgan fingerprint density at radius 1 is 1.45 bits per heavy atom. The molecule has 4 nitrogen and oxygen atoms in total. The van der Waals surface area contributed by atoms with Crippen molar-refractivity contribution >= 4 is 17.2 Å². The lowest BCUT2D eigenvalue weighted by Gasteiger charge is -2.09. The molecule has 0 atom stereocenters. The zero-order valence-electron chi connectivity index (χ0n) is 12.1. The van der Waals surface area contributed by atoms with Crippen LogP contribution in [0.2, 0.25) is 0 Å². The van der Waals surface area contributed by atoms with E-state index in [0.717, 1.165) is 24.9 Å². The molecule has 0 aliphatic carbocycles. The molecule has 5 heteroatoms. The van der Waals surface area contributed by atoms with Gasteiger partial charge in [0, 0.05) is 18.5 Å². The monoisotopic (exact) mass is 294 g/mol. The Morgan fingerprint density at radius 2 is 2.25 bits per heavy atom. The van der Waals surface area contributed by atoms with Crippen molar-refractivity contribution in [2.45, 2.75) is 19.3 Å². The van der Waals surface area contributed by atoms with Gasteiger partial charge in [-0.1, -0.05) is 11.8 Å². The molecule has 20 heavy (non-hydrogen) atoms. The Morgan fingerprint density at radius 3 is 2.95 bits per heavy atom. The summed E-state index contributed by atoms with van der Waals surface area (Å²) in [7, 11) is 4.09. The van der Waals surface area contributed by atoms with E-state index in [1.54, 1.807) is 0 Å². The molecule has 1 heterocycles. The van der Waals surface area contributed by atoms with Crippen LogP contribution in [0.4, 0.5) is 0 Å². The van der Waals surface area contributed by atoms with E-state index in [4.69, 9.17) is 5.11 Å². The molecule has 0 unspecified atom stereocenters. The summed E-state index contributed by atoms with van der Waals surface area (Å²) in [6.07, 6.45) is 2.48. The molecule has 2 N–H and O–H groups in total. The number of nitrogens with zero attached hydrogens (tertiary/aromatic N) is 1. The maximum atomic E-state index is 12.0. The number of aliphatic hydroxyl groups is 1. The maximum Gasteiger partial charge on any atom is 0.262 e. The van der Waals surface area contributed by atoms with Crippen molar-refractivity contribution in [3.8, 4) is 11.8 Å². The molecule has 0 aliphatic rings. The molecule has 0 bridgehead atoms. The molecule has 1 aromatic rings. The molecular formula is C15H22N2O2S. The fraction of sp³-hybridized carbons (Fsp3) is 0.533. The lowest BCUT2D eigenvalue weighted by atomic mass is 10.2. The highest BCUT2D eigenvalue weighted by Gasteiger charge is 2.10. The highest BCUT2D eigenvalue weighted by Crippen LogP contribution is 2.15. The Hall–Kier alpha value is -1.35. The number of aliphatic hydroxyl groups excluding tert-OH is 1. The number of rotatable bonds is 7. The van der Waals surface area contributed by atoms with Crippen molar-refractivity contribution in [2.75, 3.05) is 33.8 Å². The minimum atomic E-state index is -0.0573. The molecule has 0 saturated carbocycles. The van der Waals surface area contributed by atoms with Gasteiger partial charge in [0.15, 0.2) is 0 Å². The highest BCUT2D eigenvalue weighted by atomic mass is 32.1. The fourth-order valence-electron chi connectivity index (χ4n) is 1.63. The quantitative estimate of drug-likeness (QED) is 0.593. The van der Waals surface area contributed by atoms with Gasteiger partial charge < -0.3 is 15.3 Å². The van der Waals surface area contributed by atoms with Crippen molar-refractivity contribution in [2.24, 2.45) is 0 Å². The Bertz CT molecular complexity index is 472. The molecular weight excluding hydrogens is 272 g/mol. The Balaban J connectivity index is 2.40. The SMILES string of the molecule is CN(C)CCCCNC(=O)c1sccc1C#CCCO. The van der Waals surface area contributed by atoms with Crippen molar-refractivity contribution in [3.63, 3.8) is 0 Å². The lowest BCUT2D eigenvalue weighted by molar-refractivity contribution is 0.0956. The van der Waals surface area contributed by atoms with Gasteiger partial charge in [0.2, 0.25) is 0 Å². The van der Waals surface area contributed by atoms with Crippen LogP contribution in [-0.2, 0) is 0 Å². The minimum absolute atomic E-state index is 0.0462. The van der Waals surface area contributed by atoms with Gasteiger partial charge in [0.1, 0.15) is 4.88 Å². The molecule has 1 rings (SSSR count). The lowest BCUT2D eigenvalue weighted by Crippen LogP contribution is -2.25. The van der Waals surface area contributed by atoms with E-state index in [1.165, 1.54) is 11.3 Å². The third-order valence-electron chi connectivity index (χ3n) is 2.65. The number of amides is 1. The highest BCUT2D eigenvalue weighted by molar-refractivity contribution is 7.12. The van der Waals surface area contributed by atoms with Crippen LogP contribution >= 0.6 is 11.3 Å². The number of unbranched alkanes of at least 4 members (excludes halogenated alkanes) is 1. The standard InChI is InChI=1S/C15H22N2O2S/c1-17(2)10-5-4-9-16-15(19)14-13(8-12-20-14)7-3-6-11-18/h8,12,18H,4-6,9-11H2,1-2H3,(H,16,19). The summed E-state index contributed by atoms with van der Waals surface area (Å²) in [5.41, 5.74) is 0.745. The minimum Gasteiger partial charge on any atom is -0.395 e. The first kappa shape index (κ1) is 16.7. The van der Waals surface area contributed by atoms with Crippen LogP contribution in [0.25, 0.3) is 0 Å². The average molecular weight is 294 g/mol. The van der Waals surface area contributed by atoms with Gasteiger partial charge in [-0.3, -0.25) is 4.79 Å². The second-order valence-electron chi connectivity index (χ2n) is 4.71. The Kier molecular flexibility index (Phi) is 7.97. The zero-order chi connectivity index (χ0) is 14.8. The van der Waals surface area contributed by atoms with Gasteiger partial charge in [-0.15, -0.1) is 11.3 Å². The van der Waals surface area contributed by atoms with E-state index >= 15 is 0 Å². The summed E-state index contributed by atoms with van der Waals surface area (Å²) in [5, 5.41) is 13.5. The van der Waals surface area contributed by atoms with Crippen LogP contribution in [0.15, 0.2) is 11.4 Å². The molecule has 1 amide bonds. The van der Waals surface area contributed by atoms with Crippen molar-refractivity contribution in [1.82, 2.24) is 10.2 Å². The summed E-state index contributed by atoms with van der Waals surface area (Å²) in [6, 6.07) is 1.84.